The van der Waals surface area contributed by atoms with Crippen LogP contribution in [0.5, 0.6) is 0 Å². The van der Waals surface area contributed by atoms with Crippen molar-refractivity contribution in [1.82, 2.24) is 4.31 Å². The van der Waals surface area contributed by atoms with Crippen LogP contribution in [0.25, 0.3) is 0 Å². The Morgan fingerprint density at radius 1 is 1.33 bits per heavy atom. The van der Waals surface area contributed by atoms with Gasteiger partial charge in [0.25, 0.3) is 0 Å². The molecule has 2 rings (SSSR count). The van der Waals surface area contributed by atoms with Gasteiger partial charge < -0.3 is 9.84 Å². The van der Waals surface area contributed by atoms with E-state index in [1.165, 1.54) is 7.11 Å². The van der Waals surface area contributed by atoms with Crippen LogP contribution in [0, 0.1) is 11.6 Å². The highest BCUT2D eigenvalue weighted by Crippen LogP contribution is 2.28. The number of carboxylic acid groups (broad SMARTS) is 1. The molecule has 21 heavy (non-hydrogen) atoms. The zero-order valence-corrected chi connectivity index (χ0v) is 11.8. The van der Waals surface area contributed by atoms with Crippen LogP contribution in [0.4, 0.5) is 8.78 Å². The van der Waals surface area contributed by atoms with E-state index in [1.54, 1.807) is 0 Å². The number of carboxylic acids is 1. The second-order valence-electron chi connectivity index (χ2n) is 4.63. The van der Waals surface area contributed by atoms with Gasteiger partial charge in [-0.15, -0.1) is 0 Å². The Kier molecular flexibility index (Phi) is 4.26. The Morgan fingerprint density at radius 2 is 1.90 bits per heavy atom. The molecule has 2 atom stereocenters. The summed E-state index contributed by atoms with van der Waals surface area (Å²) in [5, 5.41) is 9.11. The second-order valence-corrected chi connectivity index (χ2v) is 6.52. The molecule has 6 nitrogen and oxygen atoms in total. The Morgan fingerprint density at radius 3 is 2.38 bits per heavy atom. The minimum Gasteiger partial charge on any atom is -0.480 e. The summed E-state index contributed by atoms with van der Waals surface area (Å²) < 4.78 is 56.8. The smallest absolute Gasteiger partial charge is 0.322 e. The zero-order valence-electron chi connectivity index (χ0n) is 11.0. The molecule has 1 fully saturated rings. The predicted octanol–water partition coefficient (Wildman–Crippen LogP) is 0.827. The fourth-order valence-corrected chi connectivity index (χ4v) is 3.91. The van der Waals surface area contributed by atoms with Gasteiger partial charge in [0.1, 0.15) is 17.7 Å². The van der Waals surface area contributed by atoms with Crippen molar-refractivity contribution in [2.45, 2.75) is 23.5 Å². The van der Waals surface area contributed by atoms with Crippen LogP contribution >= 0.6 is 0 Å². The van der Waals surface area contributed by atoms with E-state index in [2.05, 4.69) is 0 Å². The summed E-state index contributed by atoms with van der Waals surface area (Å²) in [4.78, 5) is 10.6. The van der Waals surface area contributed by atoms with Crippen molar-refractivity contribution in [3.8, 4) is 0 Å². The molecule has 9 heteroatoms. The lowest BCUT2D eigenvalue weighted by Crippen LogP contribution is -2.40. The molecule has 116 valence electrons. The lowest BCUT2D eigenvalue weighted by atomic mass is 10.2. The summed E-state index contributed by atoms with van der Waals surface area (Å²) in [6.07, 6.45) is -0.609. The molecule has 0 bridgehead atoms. The average Bonchev–Trinajstić information content (AvgIpc) is 2.82. The first kappa shape index (κ1) is 15.8. The van der Waals surface area contributed by atoms with Crippen molar-refractivity contribution in [1.29, 1.82) is 0 Å². The van der Waals surface area contributed by atoms with Crippen LogP contribution in [0.2, 0.25) is 0 Å². The van der Waals surface area contributed by atoms with Gasteiger partial charge in [0.2, 0.25) is 10.0 Å². The van der Waals surface area contributed by atoms with E-state index in [0.717, 1.165) is 0 Å². The maximum Gasteiger partial charge on any atom is 0.322 e. The van der Waals surface area contributed by atoms with Crippen molar-refractivity contribution < 1.29 is 31.8 Å². The number of hydrogen-bond donors (Lipinski definition) is 1. The molecule has 1 aromatic carbocycles. The Hall–Kier alpha value is -1.58. The van der Waals surface area contributed by atoms with Crippen LogP contribution in [0.3, 0.4) is 0 Å². The Balaban J connectivity index is 2.44. The number of carbonyl (C=O) groups is 1. The second kappa shape index (κ2) is 5.66. The third-order valence-electron chi connectivity index (χ3n) is 3.28. The van der Waals surface area contributed by atoms with Gasteiger partial charge >= 0.3 is 5.97 Å². The van der Waals surface area contributed by atoms with E-state index in [-0.39, 0.29) is 13.0 Å². The molecular formula is C12H13F2NO5S. The molecule has 1 aromatic rings. The van der Waals surface area contributed by atoms with Gasteiger partial charge in [0.05, 0.1) is 11.0 Å². The van der Waals surface area contributed by atoms with Crippen molar-refractivity contribution >= 4 is 16.0 Å². The quantitative estimate of drug-likeness (QED) is 0.888. The van der Waals surface area contributed by atoms with Crippen molar-refractivity contribution in [3.05, 3.63) is 29.8 Å². The van der Waals surface area contributed by atoms with E-state index in [0.29, 0.717) is 22.5 Å². The van der Waals surface area contributed by atoms with Crippen molar-refractivity contribution in [2.75, 3.05) is 13.7 Å². The highest BCUT2D eigenvalue weighted by atomic mass is 32.2. The minimum atomic E-state index is -4.33. The first-order valence-corrected chi connectivity index (χ1v) is 7.43. The van der Waals surface area contributed by atoms with Gasteiger partial charge in [0, 0.05) is 26.1 Å². The average molecular weight is 321 g/mol. The number of methoxy groups -OCH3 is 1. The van der Waals surface area contributed by atoms with Gasteiger partial charge in [-0.25, -0.2) is 17.2 Å². The maximum atomic E-state index is 13.2. The molecule has 1 N–H and O–H groups in total. The lowest BCUT2D eigenvalue weighted by molar-refractivity contribution is -0.140. The van der Waals surface area contributed by atoms with Gasteiger partial charge in [-0.05, 0) is 12.1 Å². The summed E-state index contributed by atoms with van der Waals surface area (Å²) in [6.45, 7) is -0.187. The molecule has 0 spiro atoms. The van der Waals surface area contributed by atoms with Crippen LogP contribution in [-0.4, -0.2) is 49.6 Å². The topological polar surface area (TPSA) is 83.9 Å². The summed E-state index contributed by atoms with van der Waals surface area (Å²) in [7, 11) is -2.99. The number of halogens is 2. The molecule has 0 aromatic heterocycles. The fourth-order valence-electron chi connectivity index (χ4n) is 2.24. The molecular weight excluding hydrogens is 308 g/mol. The van der Waals surface area contributed by atoms with Crippen LogP contribution in [0.1, 0.15) is 6.42 Å². The minimum absolute atomic E-state index is 0.0249. The Labute approximate surface area is 120 Å². The summed E-state index contributed by atoms with van der Waals surface area (Å²) in [6, 6.07) is 0.510. The number of rotatable bonds is 4. The highest BCUT2D eigenvalue weighted by Gasteiger charge is 2.44. The molecule has 1 aliphatic rings. The lowest BCUT2D eigenvalue weighted by Gasteiger charge is -2.20. The SMILES string of the molecule is COC1CC(C(=O)O)N(S(=O)(=O)c2cc(F)cc(F)c2)C1. The van der Waals surface area contributed by atoms with Crippen LogP contribution in [0.15, 0.2) is 23.1 Å². The van der Waals surface area contributed by atoms with Crippen LogP contribution in [-0.2, 0) is 19.6 Å². The third-order valence-corrected chi connectivity index (χ3v) is 5.13. The predicted molar refractivity (Wildman–Crippen MR) is 67.1 cm³/mol. The molecule has 2 unspecified atom stereocenters. The molecule has 0 saturated carbocycles. The number of ether oxygens (including phenoxy) is 1. The summed E-state index contributed by atoms with van der Waals surface area (Å²) in [5.74, 6) is -3.44. The molecule has 1 saturated heterocycles. The number of hydrogen-bond acceptors (Lipinski definition) is 4. The van der Waals surface area contributed by atoms with Gasteiger partial charge in [0.15, 0.2) is 0 Å². The zero-order chi connectivity index (χ0) is 15.8. The molecule has 0 aliphatic carbocycles. The number of aliphatic carboxylic acids is 1. The standard InChI is InChI=1S/C12H13F2NO5S/c1-20-9-5-11(12(16)17)15(6-9)21(18,19)10-3-7(13)2-8(14)4-10/h2-4,9,11H,5-6H2,1H3,(H,16,17). The molecule has 0 amide bonds. The number of nitrogens with zero attached hydrogens (tertiary/aromatic N) is 1. The first-order valence-electron chi connectivity index (χ1n) is 5.99. The number of sulfonamides is 1. The van der Waals surface area contributed by atoms with Gasteiger partial charge in [-0.3, -0.25) is 4.79 Å². The summed E-state index contributed by atoms with van der Waals surface area (Å²) >= 11 is 0. The fraction of sp³-hybridized carbons (Fsp3) is 0.417. The van der Waals surface area contributed by atoms with Gasteiger partial charge in [-0.1, -0.05) is 0 Å². The van der Waals surface area contributed by atoms with Gasteiger partial charge in [-0.2, -0.15) is 4.31 Å². The molecule has 0 radical (unpaired) electrons. The normalized spacial score (nSPS) is 23.4. The first-order chi connectivity index (χ1) is 9.75. The molecule has 1 heterocycles. The van der Waals surface area contributed by atoms with E-state index >= 15 is 0 Å². The molecule has 1 aliphatic heterocycles. The van der Waals surface area contributed by atoms with Crippen molar-refractivity contribution in [2.24, 2.45) is 0 Å². The van der Waals surface area contributed by atoms with E-state index in [4.69, 9.17) is 9.84 Å². The largest absolute Gasteiger partial charge is 0.480 e. The Bertz CT molecular complexity index is 643. The van der Waals surface area contributed by atoms with Crippen molar-refractivity contribution in [3.63, 3.8) is 0 Å². The van der Waals surface area contributed by atoms with Crippen LogP contribution < -0.4 is 0 Å². The third kappa shape index (κ3) is 3.04. The monoisotopic (exact) mass is 321 g/mol. The van der Waals surface area contributed by atoms with E-state index < -0.39 is 44.7 Å². The van der Waals surface area contributed by atoms with E-state index in [9.17, 15) is 22.0 Å². The highest BCUT2D eigenvalue weighted by molar-refractivity contribution is 7.89. The van der Waals surface area contributed by atoms with E-state index in [1.807, 2.05) is 0 Å². The maximum absolute atomic E-state index is 13.2. The number of benzene rings is 1. The summed E-state index contributed by atoms with van der Waals surface area (Å²) in [5.41, 5.74) is 0.